The van der Waals surface area contributed by atoms with Crippen LogP contribution in [0.5, 0.6) is 0 Å². The van der Waals surface area contributed by atoms with Crippen LogP contribution < -0.4 is 5.32 Å². The quantitative estimate of drug-likeness (QED) is 0.757. The summed E-state index contributed by atoms with van der Waals surface area (Å²) in [6, 6.07) is 9.82. The molecule has 9 heteroatoms. The molecule has 0 saturated heterocycles. The Labute approximate surface area is 136 Å². The Morgan fingerprint density at radius 3 is 2.75 bits per heavy atom. The van der Waals surface area contributed by atoms with Gasteiger partial charge >= 0.3 is 0 Å². The van der Waals surface area contributed by atoms with Crippen molar-refractivity contribution in [2.75, 3.05) is 11.1 Å². The molecule has 1 aromatic heterocycles. The van der Waals surface area contributed by atoms with E-state index in [9.17, 15) is 17.6 Å². The maximum Gasteiger partial charge on any atom is 0.225 e. The fourth-order valence-corrected chi connectivity index (χ4v) is 3.56. The van der Waals surface area contributed by atoms with Crippen LogP contribution in [0.25, 0.3) is 11.0 Å². The van der Waals surface area contributed by atoms with Crippen molar-refractivity contribution in [1.82, 2.24) is 10.3 Å². The van der Waals surface area contributed by atoms with Gasteiger partial charge in [-0.05, 0) is 40.6 Å². The Kier molecular flexibility index (Phi) is 4.26. The number of benzene rings is 2. The molecule has 0 radical (unpaired) electrons. The number of rotatable bonds is 5. The van der Waals surface area contributed by atoms with E-state index in [-0.39, 0.29) is 22.5 Å². The van der Waals surface area contributed by atoms with Crippen molar-refractivity contribution in [2.45, 2.75) is 11.3 Å². The summed E-state index contributed by atoms with van der Waals surface area (Å²) in [7, 11) is -3.75. The average Bonchev–Trinajstić information content (AvgIpc) is 3.01. The van der Waals surface area contributed by atoms with Gasteiger partial charge in [-0.3, -0.25) is 4.79 Å². The van der Waals surface area contributed by atoms with E-state index in [1.807, 2.05) is 0 Å². The standard InChI is InChI=1S/C15H12FN3O4S/c16-10-3-1-4-11(9-10)17-14(20)7-8-24(21,22)13-6-2-5-12-15(13)19-23-18-12/h1-6,9H,7-8H2,(H,17,20). The number of nitrogens with zero attached hydrogens (tertiary/aromatic N) is 2. The molecular weight excluding hydrogens is 337 g/mol. The molecule has 1 N–H and O–H groups in total. The zero-order valence-electron chi connectivity index (χ0n) is 12.3. The third-order valence-electron chi connectivity index (χ3n) is 3.29. The lowest BCUT2D eigenvalue weighted by Gasteiger charge is -2.06. The largest absolute Gasteiger partial charge is 0.326 e. The zero-order valence-corrected chi connectivity index (χ0v) is 13.1. The molecule has 124 valence electrons. The van der Waals surface area contributed by atoms with Crippen molar-refractivity contribution in [3.05, 3.63) is 48.3 Å². The molecule has 0 aliphatic carbocycles. The van der Waals surface area contributed by atoms with Crippen molar-refractivity contribution in [2.24, 2.45) is 0 Å². The number of hydrogen-bond donors (Lipinski definition) is 1. The number of hydrogen-bond acceptors (Lipinski definition) is 6. The topological polar surface area (TPSA) is 102 Å². The minimum atomic E-state index is -3.75. The van der Waals surface area contributed by atoms with Crippen LogP contribution >= 0.6 is 0 Å². The molecule has 2 aromatic carbocycles. The first kappa shape index (κ1) is 16.1. The highest BCUT2D eigenvalue weighted by molar-refractivity contribution is 7.91. The number of halogens is 1. The number of aromatic nitrogens is 2. The first-order valence-electron chi connectivity index (χ1n) is 6.95. The number of sulfone groups is 1. The molecule has 1 heterocycles. The van der Waals surface area contributed by atoms with Gasteiger partial charge in [0.05, 0.1) is 10.6 Å². The number of carbonyl (C=O) groups is 1. The van der Waals surface area contributed by atoms with Crippen molar-refractivity contribution in [3.8, 4) is 0 Å². The Morgan fingerprint density at radius 1 is 1.17 bits per heavy atom. The molecule has 0 atom stereocenters. The third kappa shape index (κ3) is 3.40. The summed E-state index contributed by atoms with van der Waals surface area (Å²) in [5, 5.41) is 9.62. The lowest BCUT2D eigenvalue weighted by molar-refractivity contribution is -0.115. The van der Waals surface area contributed by atoms with Gasteiger partial charge < -0.3 is 5.32 Å². The third-order valence-corrected chi connectivity index (χ3v) is 5.03. The maximum absolute atomic E-state index is 13.1. The lowest BCUT2D eigenvalue weighted by Crippen LogP contribution is -2.17. The molecule has 0 bridgehead atoms. The van der Waals surface area contributed by atoms with Gasteiger partial charge in [0.25, 0.3) is 0 Å². The molecule has 0 fully saturated rings. The van der Waals surface area contributed by atoms with Gasteiger partial charge in [-0.25, -0.2) is 17.4 Å². The highest BCUT2D eigenvalue weighted by atomic mass is 32.2. The van der Waals surface area contributed by atoms with Gasteiger partial charge in [-0.1, -0.05) is 12.1 Å². The number of carbonyl (C=O) groups excluding carboxylic acids is 1. The van der Waals surface area contributed by atoms with Gasteiger partial charge in [0, 0.05) is 12.1 Å². The van der Waals surface area contributed by atoms with Crippen LogP contribution in [0, 0.1) is 5.82 Å². The van der Waals surface area contributed by atoms with Crippen molar-refractivity contribution >= 4 is 32.5 Å². The molecule has 3 aromatic rings. The molecule has 0 aliphatic heterocycles. The van der Waals surface area contributed by atoms with Gasteiger partial charge in [0.15, 0.2) is 15.4 Å². The first-order valence-corrected chi connectivity index (χ1v) is 8.60. The van der Waals surface area contributed by atoms with Crippen LogP contribution in [0.1, 0.15) is 6.42 Å². The predicted molar refractivity (Wildman–Crippen MR) is 83.5 cm³/mol. The Balaban J connectivity index is 1.71. The van der Waals surface area contributed by atoms with Gasteiger partial charge in [-0.15, -0.1) is 0 Å². The van der Waals surface area contributed by atoms with Crippen LogP contribution in [0.4, 0.5) is 10.1 Å². The fourth-order valence-electron chi connectivity index (χ4n) is 2.16. The van der Waals surface area contributed by atoms with Crippen molar-refractivity contribution < 1.29 is 22.2 Å². The second-order valence-corrected chi connectivity index (χ2v) is 7.09. The summed E-state index contributed by atoms with van der Waals surface area (Å²) >= 11 is 0. The van der Waals surface area contributed by atoms with E-state index in [0.717, 1.165) is 6.07 Å². The van der Waals surface area contributed by atoms with Gasteiger partial charge in [-0.2, -0.15) is 0 Å². The van der Waals surface area contributed by atoms with Crippen molar-refractivity contribution in [1.29, 1.82) is 0 Å². The Bertz CT molecular complexity index is 1000. The van der Waals surface area contributed by atoms with Crippen molar-refractivity contribution in [3.63, 3.8) is 0 Å². The second kappa shape index (κ2) is 6.36. The highest BCUT2D eigenvalue weighted by Crippen LogP contribution is 2.21. The molecule has 7 nitrogen and oxygen atoms in total. The molecule has 0 saturated carbocycles. The van der Waals surface area contributed by atoms with E-state index in [4.69, 9.17) is 0 Å². The Hall–Kier alpha value is -2.81. The summed E-state index contributed by atoms with van der Waals surface area (Å²) < 4.78 is 42.4. The van der Waals surface area contributed by atoms with Gasteiger partial charge in [0.1, 0.15) is 11.3 Å². The maximum atomic E-state index is 13.1. The van der Waals surface area contributed by atoms with Crippen LogP contribution in [0.15, 0.2) is 52.0 Å². The molecular formula is C15H12FN3O4S. The minimum Gasteiger partial charge on any atom is -0.326 e. The van der Waals surface area contributed by atoms with Crippen LogP contribution in [-0.2, 0) is 14.6 Å². The first-order chi connectivity index (χ1) is 11.5. The summed E-state index contributed by atoms with van der Waals surface area (Å²) in [6.07, 6.45) is -0.277. The average molecular weight is 349 g/mol. The molecule has 0 unspecified atom stereocenters. The van der Waals surface area contributed by atoms with E-state index in [1.165, 1.54) is 30.3 Å². The van der Waals surface area contributed by atoms with E-state index in [1.54, 1.807) is 6.07 Å². The smallest absolute Gasteiger partial charge is 0.225 e. The number of amides is 1. The summed E-state index contributed by atoms with van der Waals surface area (Å²) in [4.78, 5) is 11.8. The Morgan fingerprint density at radius 2 is 1.96 bits per heavy atom. The van der Waals surface area contributed by atoms with E-state index in [2.05, 4.69) is 20.3 Å². The highest BCUT2D eigenvalue weighted by Gasteiger charge is 2.21. The molecule has 0 spiro atoms. The number of nitrogens with one attached hydrogen (secondary N) is 1. The molecule has 1 amide bonds. The van der Waals surface area contributed by atoms with Gasteiger partial charge in [0.2, 0.25) is 5.91 Å². The minimum absolute atomic E-state index is 0.0418. The number of fused-ring (bicyclic) bond motifs is 1. The molecule has 24 heavy (non-hydrogen) atoms. The monoisotopic (exact) mass is 349 g/mol. The van der Waals surface area contributed by atoms with Crippen LogP contribution in [0.2, 0.25) is 0 Å². The zero-order chi connectivity index (χ0) is 17.2. The second-order valence-electron chi connectivity index (χ2n) is 5.02. The number of anilines is 1. The lowest BCUT2D eigenvalue weighted by atomic mass is 10.3. The molecule has 3 rings (SSSR count). The summed E-state index contributed by atoms with van der Waals surface area (Å²) in [6.45, 7) is 0. The molecule has 0 aliphatic rings. The van der Waals surface area contributed by atoms with E-state index >= 15 is 0 Å². The SMILES string of the molecule is O=C(CCS(=O)(=O)c1cccc2nonc12)Nc1cccc(F)c1. The van der Waals surface area contributed by atoms with Crippen LogP contribution in [-0.4, -0.2) is 30.4 Å². The van der Waals surface area contributed by atoms with E-state index in [0.29, 0.717) is 5.52 Å². The normalized spacial score (nSPS) is 11.5. The van der Waals surface area contributed by atoms with Crippen LogP contribution in [0.3, 0.4) is 0 Å². The predicted octanol–water partition coefficient (Wildman–Crippen LogP) is 2.16. The van der Waals surface area contributed by atoms with E-state index < -0.39 is 27.3 Å². The summed E-state index contributed by atoms with van der Waals surface area (Å²) in [5.74, 6) is -1.44. The summed E-state index contributed by atoms with van der Waals surface area (Å²) in [5.41, 5.74) is 0.712. The fraction of sp³-hybridized carbons (Fsp3) is 0.133.